The van der Waals surface area contributed by atoms with Crippen LogP contribution >= 0.6 is 0 Å². The van der Waals surface area contributed by atoms with Gasteiger partial charge in [0.25, 0.3) is 0 Å². The normalized spacial score (nSPS) is 10.5. The number of hydrogen-bond donors (Lipinski definition) is 1. The monoisotopic (exact) mass is 403 g/mol. The number of benzene rings is 2. The Balaban J connectivity index is 1.91. The zero-order valence-electron chi connectivity index (χ0n) is 17.3. The lowest BCUT2D eigenvalue weighted by molar-refractivity contribution is 0.0697. The SMILES string of the molecule is CCC#Cc1nn(CCCC)c(=O)n1Cc1ccc(-c2ccccc2C(=O)O)cc1. The summed E-state index contributed by atoms with van der Waals surface area (Å²) >= 11 is 0. The summed E-state index contributed by atoms with van der Waals surface area (Å²) in [5.74, 6) is 5.50. The molecular weight excluding hydrogens is 378 g/mol. The molecular formula is C24H25N3O3. The van der Waals surface area contributed by atoms with Gasteiger partial charge in [-0.05, 0) is 35.1 Å². The van der Waals surface area contributed by atoms with Crippen molar-refractivity contribution >= 4 is 5.97 Å². The zero-order chi connectivity index (χ0) is 21.5. The van der Waals surface area contributed by atoms with Gasteiger partial charge >= 0.3 is 11.7 Å². The van der Waals surface area contributed by atoms with Crippen molar-refractivity contribution in [3.8, 4) is 23.0 Å². The number of carboxylic acid groups (broad SMARTS) is 1. The highest BCUT2D eigenvalue weighted by atomic mass is 16.4. The second kappa shape index (κ2) is 9.75. The first-order valence-corrected chi connectivity index (χ1v) is 10.1. The van der Waals surface area contributed by atoms with Crippen LogP contribution in [0.25, 0.3) is 11.1 Å². The Morgan fingerprint density at radius 2 is 1.83 bits per heavy atom. The number of carboxylic acids is 1. The summed E-state index contributed by atoms with van der Waals surface area (Å²) < 4.78 is 3.08. The van der Waals surface area contributed by atoms with Gasteiger partial charge in [0.05, 0.1) is 12.1 Å². The number of nitrogens with zero attached hydrogens (tertiary/aromatic N) is 3. The van der Waals surface area contributed by atoms with Gasteiger partial charge in [-0.25, -0.2) is 14.3 Å². The molecule has 0 atom stereocenters. The van der Waals surface area contributed by atoms with Crippen molar-refractivity contribution in [1.82, 2.24) is 14.3 Å². The van der Waals surface area contributed by atoms with Gasteiger partial charge in [0.2, 0.25) is 5.82 Å². The Morgan fingerprint density at radius 3 is 2.50 bits per heavy atom. The highest BCUT2D eigenvalue weighted by Crippen LogP contribution is 2.24. The number of aromatic carboxylic acids is 1. The quantitative estimate of drug-likeness (QED) is 0.605. The third-order valence-electron chi connectivity index (χ3n) is 4.79. The zero-order valence-corrected chi connectivity index (χ0v) is 17.3. The Labute approximate surface area is 175 Å². The lowest BCUT2D eigenvalue weighted by Crippen LogP contribution is -2.25. The van der Waals surface area contributed by atoms with E-state index >= 15 is 0 Å². The summed E-state index contributed by atoms with van der Waals surface area (Å²) in [5.41, 5.74) is 2.49. The molecule has 1 aromatic heterocycles. The molecule has 154 valence electrons. The second-order valence-corrected chi connectivity index (χ2v) is 6.97. The molecule has 0 spiro atoms. The third-order valence-corrected chi connectivity index (χ3v) is 4.79. The van der Waals surface area contributed by atoms with Crippen molar-refractivity contribution in [2.24, 2.45) is 0 Å². The van der Waals surface area contributed by atoms with Crippen LogP contribution in [0.1, 0.15) is 54.9 Å². The van der Waals surface area contributed by atoms with Gasteiger partial charge < -0.3 is 5.11 Å². The number of unbranched alkanes of at least 4 members (excludes halogenated alkanes) is 1. The standard InChI is InChI=1S/C24H25N3O3/c1-3-5-11-22-25-27(16-6-4-2)24(30)26(22)17-18-12-14-19(15-13-18)20-9-7-8-10-21(20)23(28)29/h7-10,12-15H,3-4,6,16-17H2,1-2H3,(H,28,29). The molecule has 1 heterocycles. The fourth-order valence-corrected chi connectivity index (χ4v) is 3.19. The van der Waals surface area contributed by atoms with E-state index in [4.69, 9.17) is 0 Å². The van der Waals surface area contributed by atoms with Gasteiger partial charge in [-0.2, -0.15) is 0 Å². The van der Waals surface area contributed by atoms with Crippen LogP contribution in [0, 0.1) is 11.8 Å². The molecule has 0 aliphatic carbocycles. The molecule has 0 saturated carbocycles. The van der Waals surface area contributed by atoms with E-state index in [2.05, 4.69) is 23.9 Å². The minimum atomic E-state index is -0.958. The van der Waals surface area contributed by atoms with Crippen molar-refractivity contribution in [1.29, 1.82) is 0 Å². The van der Waals surface area contributed by atoms with Crippen LogP contribution in [-0.2, 0) is 13.1 Å². The molecule has 6 nitrogen and oxygen atoms in total. The highest BCUT2D eigenvalue weighted by Gasteiger charge is 2.13. The maximum absolute atomic E-state index is 12.8. The number of aryl methyl sites for hydroxylation is 1. The first-order valence-electron chi connectivity index (χ1n) is 10.1. The number of hydrogen-bond acceptors (Lipinski definition) is 3. The second-order valence-electron chi connectivity index (χ2n) is 6.97. The summed E-state index contributed by atoms with van der Waals surface area (Å²) in [6.45, 7) is 4.97. The molecule has 3 aromatic rings. The Hall–Kier alpha value is -3.59. The number of rotatable bonds is 7. The predicted octanol–water partition coefficient (Wildman–Crippen LogP) is 4.02. The molecule has 0 saturated heterocycles. The lowest BCUT2D eigenvalue weighted by atomic mass is 9.99. The highest BCUT2D eigenvalue weighted by molar-refractivity contribution is 5.95. The molecule has 0 radical (unpaired) electrons. The van der Waals surface area contributed by atoms with E-state index < -0.39 is 5.97 Å². The molecule has 3 rings (SSSR count). The van der Waals surface area contributed by atoms with Gasteiger partial charge in [0.15, 0.2) is 0 Å². The Kier molecular flexibility index (Phi) is 6.87. The summed E-state index contributed by atoms with van der Waals surface area (Å²) in [7, 11) is 0. The van der Waals surface area contributed by atoms with Gasteiger partial charge in [-0.3, -0.25) is 4.57 Å². The molecule has 0 bridgehead atoms. The van der Waals surface area contributed by atoms with Crippen LogP contribution in [0.15, 0.2) is 53.3 Å². The minimum absolute atomic E-state index is 0.163. The van der Waals surface area contributed by atoms with E-state index in [0.29, 0.717) is 30.9 Å². The van der Waals surface area contributed by atoms with E-state index in [1.165, 1.54) is 4.68 Å². The van der Waals surface area contributed by atoms with Crippen molar-refractivity contribution in [2.75, 3.05) is 0 Å². The summed E-state index contributed by atoms with van der Waals surface area (Å²) in [4.78, 5) is 24.3. The smallest absolute Gasteiger partial charge is 0.347 e. The molecule has 1 N–H and O–H groups in total. The van der Waals surface area contributed by atoms with Gasteiger partial charge in [0, 0.05) is 13.0 Å². The van der Waals surface area contributed by atoms with Crippen LogP contribution in [0.5, 0.6) is 0 Å². The third kappa shape index (κ3) is 4.69. The predicted molar refractivity (Wildman–Crippen MR) is 117 cm³/mol. The number of aromatic nitrogens is 3. The molecule has 30 heavy (non-hydrogen) atoms. The lowest BCUT2D eigenvalue weighted by Gasteiger charge is -2.08. The topological polar surface area (TPSA) is 77.1 Å². The van der Waals surface area contributed by atoms with Crippen molar-refractivity contribution in [3.63, 3.8) is 0 Å². The summed E-state index contributed by atoms with van der Waals surface area (Å²) in [6, 6.07) is 14.5. The summed E-state index contributed by atoms with van der Waals surface area (Å²) in [5, 5.41) is 13.8. The Bertz CT molecular complexity index is 1140. The molecule has 0 amide bonds. The van der Waals surface area contributed by atoms with Crippen LogP contribution in [-0.4, -0.2) is 25.4 Å². The van der Waals surface area contributed by atoms with Crippen LogP contribution in [0.2, 0.25) is 0 Å². The van der Waals surface area contributed by atoms with Gasteiger partial charge in [0.1, 0.15) is 0 Å². The van der Waals surface area contributed by atoms with E-state index in [9.17, 15) is 14.7 Å². The molecule has 0 aliphatic rings. The molecule has 6 heteroatoms. The molecule has 0 fully saturated rings. The molecule has 0 aliphatic heterocycles. The maximum Gasteiger partial charge on any atom is 0.347 e. The largest absolute Gasteiger partial charge is 0.478 e. The summed E-state index contributed by atoms with van der Waals surface area (Å²) in [6.07, 6.45) is 2.55. The van der Waals surface area contributed by atoms with Gasteiger partial charge in [-0.1, -0.05) is 68.7 Å². The number of carbonyl (C=O) groups is 1. The van der Waals surface area contributed by atoms with Crippen molar-refractivity contribution in [3.05, 3.63) is 76.0 Å². The van der Waals surface area contributed by atoms with E-state index in [0.717, 1.165) is 24.0 Å². The first-order chi connectivity index (χ1) is 14.5. The fourth-order valence-electron chi connectivity index (χ4n) is 3.19. The van der Waals surface area contributed by atoms with E-state index in [1.807, 2.05) is 37.3 Å². The van der Waals surface area contributed by atoms with Crippen LogP contribution in [0.4, 0.5) is 0 Å². The van der Waals surface area contributed by atoms with Crippen molar-refractivity contribution < 1.29 is 9.90 Å². The van der Waals surface area contributed by atoms with E-state index in [-0.39, 0.29) is 11.3 Å². The average molecular weight is 403 g/mol. The fraction of sp³-hybridized carbons (Fsp3) is 0.292. The van der Waals surface area contributed by atoms with Crippen LogP contribution in [0.3, 0.4) is 0 Å². The molecule has 2 aromatic carbocycles. The van der Waals surface area contributed by atoms with E-state index in [1.54, 1.807) is 22.8 Å². The van der Waals surface area contributed by atoms with Crippen molar-refractivity contribution in [2.45, 2.75) is 46.2 Å². The first kappa shape index (κ1) is 21.1. The Morgan fingerprint density at radius 1 is 1.10 bits per heavy atom. The maximum atomic E-state index is 12.8. The molecule has 0 unspecified atom stereocenters. The average Bonchev–Trinajstić information content (AvgIpc) is 3.05. The minimum Gasteiger partial charge on any atom is -0.478 e. The van der Waals surface area contributed by atoms with Gasteiger partial charge in [-0.15, -0.1) is 5.10 Å². The van der Waals surface area contributed by atoms with Crippen LogP contribution < -0.4 is 5.69 Å².